The highest BCUT2D eigenvalue weighted by atomic mass is 16.3. The number of nitrogens with zero attached hydrogens (tertiary/aromatic N) is 6. The lowest BCUT2D eigenvalue weighted by molar-refractivity contribution is -0.205. The Hall–Kier alpha value is -5.46. The van der Waals surface area contributed by atoms with Crippen molar-refractivity contribution in [2.24, 2.45) is 7.05 Å². The van der Waals surface area contributed by atoms with Crippen LogP contribution in [-0.2, 0) is 40.8 Å². The molecule has 2 atom stereocenters. The summed E-state index contributed by atoms with van der Waals surface area (Å²) in [6, 6.07) is 21.1. The quantitative estimate of drug-likeness (QED) is 0.245. The number of aromatic hydroxyl groups is 1. The summed E-state index contributed by atoms with van der Waals surface area (Å²) >= 11 is 0. The van der Waals surface area contributed by atoms with Gasteiger partial charge in [-0.05, 0) is 35.2 Å². The van der Waals surface area contributed by atoms with E-state index in [2.05, 4.69) is 6.58 Å². The summed E-state index contributed by atoms with van der Waals surface area (Å²) in [4.78, 5) is 60.9. The Kier molecular flexibility index (Phi) is 9.37. The van der Waals surface area contributed by atoms with Crippen molar-refractivity contribution >= 4 is 34.5 Å². The van der Waals surface area contributed by atoms with Gasteiger partial charge in [0.2, 0.25) is 17.7 Å². The number of benzene rings is 3. The molecule has 0 unspecified atom stereocenters. The molecule has 12 heteroatoms. The van der Waals surface area contributed by atoms with Gasteiger partial charge in [-0.25, -0.2) is 10.0 Å². The number of amides is 4. The van der Waals surface area contributed by atoms with E-state index in [0.29, 0.717) is 25.1 Å². The van der Waals surface area contributed by atoms with Gasteiger partial charge in [0.25, 0.3) is 5.91 Å². The Morgan fingerprint density at radius 2 is 1.69 bits per heavy atom. The fourth-order valence-electron chi connectivity index (χ4n) is 7.62. The second-order valence-electron chi connectivity index (χ2n) is 13.6. The molecule has 12 nitrogen and oxygen atoms in total. The molecule has 3 aromatic carbocycles. The van der Waals surface area contributed by atoms with Gasteiger partial charge in [-0.1, -0.05) is 66.7 Å². The molecule has 2 N–H and O–H groups in total. The number of aromatic nitrogens is 1. The maximum Gasteiger partial charge on any atom is 0.256 e. The van der Waals surface area contributed by atoms with Gasteiger partial charge in [0.1, 0.15) is 18.0 Å². The van der Waals surface area contributed by atoms with Crippen molar-refractivity contribution in [2.75, 3.05) is 32.7 Å². The van der Waals surface area contributed by atoms with Crippen LogP contribution in [0.3, 0.4) is 0 Å². The molecule has 264 valence electrons. The molecule has 4 amide bonds. The number of β-amino-alcohol motifs (C(OH)–C–C–N with tert-alkyl or cyclic N) is 1. The molecule has 0 spiro atoms. The molecule has 3 fully saturated rings. The number of hydrazine groups is 1. The van der Waals surface area contributed by atoms with E-state index < -0.39 is 18.3 Å². The Labute approximate surface area is 296 Å². The molecule has 3 aliphatic heterocycles. The van der Waals surface area contributed by atoms with E-state index in [1.165, 1.54) is 0 Å². The lowest BCUT2D eigenvalue weighted by Crippen LogP contribution is -2.75. The van der Waals surface area contributed by atoms with E-state index in [1.54, 1.807) is 61.3 Å². The zero-order valence-corrected chi connectivity index (χ0v) is 28.6. The molecule has 4 aromatic rings. The summed E-state index contributed by atoms with van der Waals surface area (Å²) in [5, 5.41) is 23.8. The van der Waals surface area contributed by atoms with Crippen LogP contribution in [0.2, 0.25) is 0 Å². The Morgan fingerprint density at radius 1 is 0.941 bits per heavy atom. The predicted octanol–water partition coefficient (Wildman–Crippen LogP) is 2.69. The number of phenols is 1. The first-order valence-electron chi connectivity index (χ1n) is 17.3. The van der Waals surface area contributed by atoms with Crippen molar-refractivity contribution in [3.8, 4) is 5.75 Å². The maximum absolute atomic E-state index is 14.6. The van der Waals surface area contributed by atoms with E-state index >= 15 is 0 Å². The smallest absolute Gasteiger partial charge is 0.256 e. The average Bonchev–Trinajstić information content (AvgIpc) is 3.45. The first-order valence-corrected chi connectivity index (χ1v) is 17.3. The standard InChI is InChI=1S/C39H42N6O6/c1-3-18-43-25-36(49)44-33(19-27-12-15-29(46)16-13-27)39(51)41(24-34(44)45(43)35(48)17-14-26-8-5-4-6-9-26)20-28-10-7-11-31-32(23-40(2)37(28)31)38(50)42-21-30(47)22-42/h3-13,15-16,23,30,33-34,46-47H,1,14,17-22,24-25H2,2H3/t33-,34-/m0/s1. The van der Waals surface area contributed by atoms with Gasteiger partial charge in [-0.2, -0.15) is 0 Å². The first-order chi connectivity index (χ1) is 24.6. The Bertz CT molecular complexity index is 1970. The van der Waals surface area contributed by atoms with Crippen LogP contribution in [0.5, 0.6) is 5.75 Å². The van der Waals surface area contributed by atoms with Crippen molar-refractivity contribution in [3.05, 3.63) is 114 Å². The van der Waals surface area contributed by atoms with E-state index in [9.17, 15) is 29.4 Å². The lowest BCUT2D eigenvalue weighted by Gasteiger charge is -2.55. The van der Waals surface area contributed by atoms with Gasteiger partial charge in [-0.3, -0.25) is 19.2 Å². The third-order valence-corrected chi connectivity index (χ3v) is 10.1. The van der Waals surface area contributed by atoms with Gasteiger partial charge in [0.15, 0.2) is 0 Å². The third-order valence-electron chi connectivity index (χ3n) is 10.1. The van der Waals surface area contributed by atoms with Crippen LogP contribution in [0, 0.1) is 0 Å². The number of aryl methyl sites for hydroxylation is 2. The normalized spacial score (nSPS) is 19.7. The van der Waals surface area contributed by atoms with E-state index in [-0.39, 0.29) is 68.4 Å². The van der Waals surface area contributed by atoms with Crippen LogP contribution in [-0.4, -0.2) is 114 Å². The molecule has 4 heterocycles. The minimum atomic E-state index is -0.904. The zero-order valence-electron chi connectivity index (χ0n) is 28.6. The summed E-state index contributed by atoms with van der Waals surface area (Å²) in [5.41, 5.74) is 3.93. The maximum atomic E-state index is 14.6. The number of piperazine rings is 1. The van der Waals surface area contributed by atoms with Crippen LogP contribution in [0.4, 0.5) is 0 Å². The van der Waals surface area contributed by atoms with Crippen molar-refractivity contribution in [3.63, 3.8) is 0 Å². The predicted molar refractivity (Wildman–Crippen MR) is 190 cm³/mol. The number of hydrogen-bond acceptors (Lipinski definition) is 7. The van der Waals surface area contributed by atoms with Crippen molar-refractivity contribution in [1.82, 2.24) is 29.3 Å². The fourth-order valence-corrected chi connectivity index (χ4v) is 7.62. The number of aliphatic hydroxyl groups is 1. The van der Waals surface area contributed by atoms with Crippen LogP contribution in [0.1, 0.15) is 33.5 Å². The number of carbonyl (C=O) groups excluding carboxylic acids is 4. The number of carbonyl (C=O) groups is 4. The zero-order chi connectivity index (χ0) is 35.8. The van der Waals surface area contributed by atoms with Crippen molar-refractivity contribution in [2.45, 2.75) is 44.1 Å². The number of fused-ring (bicyclic) bond motifs is 2. The molecule has 0 saturated carbocycles. The number of para-hydroxylation sites is 1. The van der Waals surface area contributed by atoms with E-state index in [0.717, 1.165) is 27.6 Å². The largest absolute Gasteiger partial charge is 0.508 e. The second-order valence-corrected chi connectivity index (χ2v) is 13.6. The van der Waals surface area contributed by atoms with Gasteiger partial charge in [0.05, 0.1) is 30.3 Å². The average molecular weight is 691 g/mol. The highest BCUT2D eigenvalue weighted by Crippen LogP contribution is 2.32. The number of rotatable bonds is 10. The fraction of sp³-hybridized carbons (Fsp3) is 0.333. The van der Waals surface area contributed by atoms with Crippen molar-refractivity contribution in [1.29, 1.82) is 0 Å². The lowest BCUT2D eigenvalue weighted by atomic mass is 9.97. The number of aliphatic hydroxyl groups excluding tert-OH is 1. The van der Waals surface area contributed by atoms with Gasteiger partial charge in [0, 0.05) is 57.7 Å². The monoisotopic (exact) mass is 690 g/mol. The molecular weight excluding hydrogens is 648 g/mol. The minimum Gasteiger partial charge on any atom is -0.508 e. The topological polar surface area (TPSA) is 130 Å². The van der Waals surface area contributed by atoms with Gasteiger partial charge in [-0.15, -0.1) is 6.58 Å². The molecule has 0 bridgehead atoms. The van der Waals surface area contributed by atoms with E-state index in [1.807, 2.05) is 60.1 Å². The van der Waals surface area contributed by atoms with Crippen molar-refractivity contribution < 1.29 is 29.4 Å². The van der Waals surface area contributed by atoms with E-state index in [4.69, 9.17) is 0 Å². The minimum absolute atomic E-state index is 0.0769. The molecule has 0 radical (unpaired) electrons. The molecule has 51 heavy (non-hydrogen) atoms. The third kappa shape index (κ3) is 6.60. The summed E-state index contributed by atoms with van der Waals surface area (Å²) < 4.78 is 1.89. The summed E-state index contributed by atoms with van der Waals surface area (Å²) in [5.74, 6) is -0.733. The number of phenolic OH excluding ortho intramolecular Hbond substituents is 1. The van der Waals surface area contributed by atoms with Crippen LogP contribution >= 0.6 is 0 Å². The first kappa shape index (κ1) is 34.0. The SMILES string of the molecule is C=CCN1CC(=O)N2[C@@H](Cc3ccc(O)cc3)C(=O)N(Cc3cccc4c(C(=O)N5CC(O)C5)cn(C)c34)C[C@@H]2N1C(=O)CCc1ccccc1. The highest BCUT2D eigenvalue weighted by Gasteiger charge is 2.51. The summed E-state index contributed by atoms with van der Waals surface area (Å²) in [6.07, 6.45) is 3.09. The van der Waals surface area contributed by atoms with Gasteiger partial charge < -0.3 is 29.5 Å². The molecular formula is C39H42N6O6. The summed E-state index contributed by atoms with van der Waals surface area (Å²) in [7, 11) is 1.86. The number of likely N-dealkylation sites (tertiary alicyclic amines) is 1. The Balaban J connectivity index is 1.24. The highest BCUT2D eigenvalue weighted by molar-refractivity contribution is 6.08. The van der Waals surface area contributed by atoms with Crippen LogP contribution < -0.4 is 0 Å². The van der Waals surface area contributed by atoms with Crippen LogP contribution in [0.15, 0.2) is 91.6 Å². The molecule has 3 aliphatic rings. The Morgan fingerprint density at radius 3 is 2.39 bits per heavy atom. The molecule has 1 aromatic heterocycles. The molecule has 7 rings (SSSR count). The summed E-state index contributed by atoms with van der Waals surface area (Å²) in [6.45, 7) is 4.92. The molecule has 3 saturated heterocycles. The second kappa shape index (κ2) is 14.0. The van der Waals surface area contributed by atoms with Crippen LogP contribution in [0.25, 0.3) is 10.9 Å². The number of hydrogen-bond donors (Lipinski definition) is 2. The molecule has 0 aliphatic carbocycles. The van der Waals surface area contributed by atoms with Gasteiger partial charge >= 0.3 is 0 Å².